The third kappa shape index (κ3) is 3.87. The molecule has 1 fully saturated rings. The molecule has 1 N–H and O–H groups in total. The van der Waals surface area contributed by atoms with Gasteiger partial charge in [-0.3, -0.25) is 0 Å². The predicted molar refractivity (Wildman–Crippen MR) is 83.7 cm³/mol. The van der Waals surface area contributed by atoms with Crippen LogP contribution in [0.25, 0.3) is 0 Å². The number of carboxylic acids is 1. The first-order valence-electron chi connectivity index (χ1n) is 7.73. The summed E-state index contributed by atoms with van der Waals surface area (Å²) < 4.78 is 5.19. The van der Waals surface area contributed by atoms with E-state index in [-0.39, 0.29) is 5.92 Å². The topological polar surface area (TPSA) is 46.5 Å². The van der Waals surface area contributed by atoms with Crippen LogP contribution in [-0.4, -0.2) is 18.2 Å². The van der Waals surface area contributed by atoms with Gasteiger partial charge in [0.25, 0.3) is 0 Å². The van der Waals surface area contributed by atoms with E-state index in [1.165, 1.54) is 5.56 Å². The number of ether oxygens (including phenoxy) is 1. The van der Waals surface area contributed by atoms with Crippen molar-refractivity contribution in [2.75, 3.05) is 7.11 Å². The lowest BCUT2D eigenvalue weighted by atomic mass is 9.76. The number of rotatable bonds is 5. The van der Waals surface area contributed by atoms with Crippen molar-refractivity contribution >= 4 is 5.97 Å². The maximum atomic E-state index is 11.3. The first-order valence-corrected chi connectivity index (χ1v) is 7.73. The molecule has 21 heavy (non-hydrogen) atoms. The van der Waals surface area contributed by atoms with Crippen LogP contribution in [0.2, 0.25) is 0 Å². The minimum absolute atomic E-state index is 0.219. The molecule has 0 bridgehead atoms. The highest BCUT2D eigenvalue weighted by molar-refractivity contribution is 5.87. The van der Waals surface area contributed by atoms with Crippen molar-refractivity contribution in [2.24, 2.45) is 5.92 Å². The smallest absolute Gasteiger partial charge is 0.331 e. The molecule has 1 aromatic rings. The molecule has 2 rings (SSSR count). The number of benzene rings is 1. The quantitative estimate of drug-likeness (QED) is 0.817. The number of methoxy groups -OCH3 is 1. The van der Waals surface area contributed by atoms with Gasteiger partial charge in [-0.25, -0.2) is 4.79 Å². The zero-order valence-electron chi connectivity index (χ0n) is 12.8. The molecule has 0 aliphatic heterocycles. The van der Waals surface area contributed by atoms with Crippen LogP contribution in [0.4, 0.5) is 0 Å². The number of hydrogen-bond donors (Lipinski definition) is 1. The first kappa shape index (κ1) is 15.6. The molecule has 3 heteroatoms. The molecule has 114 valence electrons. The van der Waals surface area contributed by atoms with E-state index in [9.17, 15) is 9.90 Å². The molecule has 1 aliphatic rings. The molecule has 0 atom stereocenters. The second-order valence-electron chi connectivity index (χ2n) is 5.69. The van der Waals surface area contributed by atoms with Crippen molar-refractivity contribution in [3.05, 3.63) is 41.5 Å². The molecule has 3 nitrogen and oxygen atoms in total. The predicted octanol–water partition coefficient (Wildman–Crippen LogP) is 4.39. The van der Waals surface area contributed by atoms with Crippen molar-refractivity contribution in [1.82, 2.24) is 0 Å². The lowest BCUT2D eigenvalue weighted by Crippen LogP contribution is -2.19. The molecule has 0 unspecified atom stereocenters. The maximum absolute atomic E-state index is 11.3. The minimum atomic E-state index is -0.746. The van der Waals surface area contributed by atoms with Gasteiger partial charge in [0.1, 0.15) is 5.75 Å². The number of hydrogen-bond acceptors (Lipinski definition) is 2. The Labute approximate surface area is 126 Å². The van der Waals surface area contributed by atoms with E-state index in [1.807, 2.05) is 25.1 Å². The Bertz CT molecular complexity index is 494. The SMILES string of the molecule is CCC=C(C(=O)O)C1CCC(c2ccc(OC)cc2)CC1. The van der Waals surface area contributed by atoms with Crippen LogP contribution in [0.15, 0.2) is 35.9 Å². The summed E-state index contributed by atoms with van der Waals surface area (Å²) in [5.74, 6) is 0.900. The zero-order chi connectivity index (χ0) is 15.2. The summed E-state index contributed by atoms with van der Waals surface area (Å²) in [6.07, 6.45) is 6.72. The minimum Gasteiger partial charge on any atom is -0.497 e. The van der Waals surface area contributed by atoms with Gasteiger partial charge in [0.2, 0.25) is 0 Å². The fourth-order valence-electron chi connectivity index (χ4n) is 3.26. The molecular weight excluding hydrogens is 264 g/mol. The Morgan fingerprint density at radius 2 is 1.86 bits per heavy atom. The zero-order valence-corrected chi connectivity index (χ0v) is 12.8. The van der Waals surface area contributed by atoms with E-state index in [4.69, 9.17) is 4.74 Å². The van der Waals surface area contributed by atoms with Gasteiger partial charge in [0.05, 0.1) is 7.11 Å². The van der Waals surface area contributed by atoms with Crippen LogP contribution >= 0.6 is 0 Å². The highest BCUT2D eigenvalue weighted by atomic mass is 16.5. The maximum Gasteiger partial charge on any atom is 0.331 e. The van der Waals surface area contributed by atoms with Gasteiger partial charge in [0.15, 0.2) is 0 Å². The van der Waals surface area contributed by atoms with Gasteiger partial charge in [-0.1, -0.05) is 25.1 Å². The van der Waals surface area contributed by atoms with Crippen molar-refractivity contribution in [2.45, 2.75) is 44.9 Å². The highest BCUT2D eigenvalue weighted by Crippen LogP contribution is 2.39. The number of carboxylic acid groups (broad SMARTS) is 1. The molecular formula is C18H24O3. The lowest BCUT2D eigenvalue weighted by Gasteiger charge is -2.29. The fraction of sp³-hybridized carbons (Fsp3) is 0.500. The van der Waals surface area contributed by atoms with Gasteiger partial charge in [-0.15, -0.1) is 0 Å². The number of carbonyl (C=O) groups is 1. The van der Waals surface area contributed by atoms with Crippen LogP contribution in [0.3, 0.4) is 0 Å². The van der Waals surface area contributed by atoms with Crippen molar-refractivity contribution in [3.63, 3.8) is 0 Å². The van der Waals surface area contributed by atoms with Crippen LogP contribution in [0, 0.1) is 5.92 Å². The van der Waals surface area contributed by atoms with Crippen molar-refractivity contribution < 1.29 is 14.6 Å². The molecule has 0 saturated heterocycles. The summed E-state index contributed by atoms with van der Waals surface area (Å²) >= 11 is 0. The Hall–Kier alpha value is -1.77. The molecule has 0 heterocycles. The van der Waals surface area contributed by atoms with Gasteiger partial charge >= 0.3 is 5.97 Å². The summed E-state index contributed by atoms with van der Waals surface area (Å²) in [5.41, 5.74) is 1.95. The number of allylic oxidation sites excluding steroid dienone is 1. The van der Waals surface area contributed by atoms with Crippen LogP contribution in [0.5, 0.6) is 5.75 Å². The van der Waals surface area contributed by atoms with E-state index in [2.05, 4.69) is 12.1 Å². The summed E-state index contributed by atoms with van der Waals surface area (Å²) in [4.78, 5) is 11.3. The second kappa shape index (κ2) is 7.30. The molecule has 0 spiro atoms. The second-order valence-corrected chi connectivity index (χ2v) is 5.69. The summed E-state index contributed by atoms with van der Waals surface area (Å²) in [6.45, 7) is 1.99. The molecule has 0 radical (unpaired) electrons. The van der Waals surface area contributed by atoms with E-state index in [0.717, 1.165) is 37.9 Å². The van der Waals surface area contributed by atoms with Crippen LogP contribution in [-0.2, 0) is 4.79 Å². The average Bonchev–Trinajstić information content (AvgIpc) is 2.53. The standard InChI is InChI=1S/C18H24O3/c1-3-4-17(18(19)20)15-7-5-13(6-8-15)14-9-11-16(21-2)12-10-14/h4,9-13,15H,3,5-8H2,1-2H3,(H,19,20). The normalized spacial score (nSPS) is 22.9. The number of aliphatic carboxylic acids is 1. The fourth-order valence-corrected chi connectivity index (χ4v) is 3.26. The Kier molecular flexibility index (Phi) is 5.43. The Morgan fingerprint density at radius 3 is 2.33 bits per heavy atom. The van der Waals surface area contributed by atoms with E-state index in [1.54, 1.807) is 7.11 Å². The Balaban J connectivity index is 1.99. The monoisotopic (exact) mass is 288 g/mol. The van der Waals surface area contributed by atoms with Crippen molar-refractivity contribution in [1.29, 1.82) is 0 Å². The molecule has 1 aromatic carbocycles. The first-order chi connectivity index (χ1) is 10.2. The third-order valence-electron chi connectivity index (χ3n) is 4.43. The van der Waals surface area contributed by atoms with Gasteiger partial charge < -0.3 is 9.84 Å². The van der Waals surface area contributed by atoms with E-state index >= 15 is 0 Å². The molecule has 0 aromatic heterocycles. The lowest BCUT2D eigenvalue weighted by molar-refractivity contribution is -0.133. The molecule has 1 aliphatic carbocycles. The summed E-state index contributed by atoms with van der Waals surface area (Å²) in [5, 5.41) is 9.32. The van der Waals surface area contributed by atoms with Crippen LogP contribution in [0.1, 0.15) is 50.5 Å². The third-order valence-corrected chi connectivity index (χ3v) is 4.43. The van der Waals surface area contributed by atoms with E-state index < -0.39 is 5.97 Å². The van der Waals surface area contributed by atoms with Crippen molar-refractivity contribution in [3.8, 4) is 5.75 Å². The summed E-state index contributed by atoms with van der Waals surface area (Å²) in [6, 6.07) is 8.26. The largest absolute Gasteiger partial charge is 0.497 e. The molecule has 1 saturated carbocycles. The van der Waals surface area contributed by atoms with Gasteiger partial charge in [-0.2, -0.15) is 0 Å². The van der Waals surface area contributed by atoms with Gasteiger partial charge in [0, 0.05) is 5.57 Å². The van der Waals surface area contributed by atoms with Gasteiger partial charge in [-0.05, 0) is 61.6 Å². The van der Waals surface area contributed by atoms with E-state index in [0.29, 0.717) is 11.5 Å². The van der Waals surface area contributed by atoms with Crippen LogP contribution < -0.4 is 4.74 Å². The molecule has 0 amide bonds. The Morgan fingerprint density at radius 1 is 1.24 bits per heavy atom. The summed E-state index contributed by atoms with van der Waals surface area (Å²) in [7, 11) is 1.67. The highest BCUT2D eigenvalue weighted by Gasteiger charge is 2.27. The average molecular weight is 288 g/mol.